The Hall–Kier alpha value is -2.15. The van der Waals surface area contributed by atoms with Gasteiger partial charge < -0.3 is 18.8 Å². The molecule has 138 valence electrons. The Labute approximate surface area is 153 Å². The molecule has 26 heavy (non-hydrogen) atoms. The fourth-order valence-corrected chi connectivity index (χ4v) is 3.65. The second-order valence-corrected chi connectivity index (χ2v) is 7.06. The fourth-order valence-electron chi connectivity index (χ4n) is 3.65. The molecule has 0 bridgehead atoms. The van der Waals surface area contributed by atoms with Crippen molar-refractivity contribution in [2.45, 2.75) is 19.1 Å². The number of rotatable bonds is 3. The number of hydrogen-bond acceptors (Lipinski definition) is 5. The van der Waals surface area contributed by atoms with Crippen LogP contribution in [0.3, 0.4) is 0 Å². The molecule has 0 unspecified atom stereocenters. The maximum atomic E-state index is 12.4. The summed E-state index contributed by atoms with van der Waals surface area (Å²) in [6, 6.07) is 13.7. The van der Waals surface area contributed by atoms with Gasteiger partial charge in [0.05, 0.1) is 26.3 Å². The lowest BCUT2D eigenvalue weighted by molar-refractivity contribution is -0.146. The first kappa shape index (κ1) is 17.3. The van der Waals surface area contributed by atoms with Crippen LogP contribution in [0.1, 0.15) is 11.5 Å². The quantitative estimate of drug-likeness (QED) is 0.844. The van der Waals surface area contributed by atoms with Crippen LogP contribution >= 0.6 is 0 Å². The second kappa shape index (κ2) is 7.23. The average Bonchev–Trinajstić information content (AvgIpc) is 2.95. The van der Waals surface area contributed by atoms with Crippen molar-refractivity contribution in [1.82, 2.24) is 4.90 Å². The summed E-state index contributed by atoms with van der Waals surface area (Å²) in [6.45, 7) is 5.86. The molecule has 0 aliphatic carbocycles. The number of carbonyl (C=O) groups is 1. The first-order valence-electron chi connectivity index (χ1n) is 8.98. The monoisotopic (exact) mass is 356 g/mol. The van der Waals surface area contributed by atoms with Crippen molar-refractivity contribution in [3.63, 3.8) is 0 Å². The summed E-state index contributed by atoms with van der Waals surface area (Å²) in [4.78, 5) is 16.5. The molecule has 1 amide bonds. The Kier molecular flexibility index (Phi) is 4.80. The minimum absolute atomic E-state index is 0.0146. The molecule has 3 heterocycles. The molecule has 2 fully saturated rings. The molecule has 4 rings (SSSR count). The van der Waals surface area contributed by atoms with E-state index in [0.29, 0.717) is 32.8 Å². The third-order valence-electron chi connectivity index (χ3n) is 4.92. The largest absolute Gasteiger partial charge is 0.465 e. The van der Waals surface area contributed by atoms with Gasteiger partial charge in [-0.3, -0.25) is 9.69 Å². The molecular weight excluding hydrogens is 332 g/mol. The number of furan rings is 1. The van der Waals surface area contributed by atoms with Crippen molar-refractivity contribution < 1.29 is 18.7 Å². The van der Waals surface area contributed by atoms with Gasteiger partial charge in [0, 0.05) is 18.8 Å². The lowest BCUT2D eigenvalue weighted by Gasteiger charge is -2.43. The number of morpholine rings is 1. The maximum absolute atomic E-state index is 12.4. The highest BCUT2D eigenvalue weighted by atomic mass is 16.6. The van der Waals surface area contributed by atoms with E-state index in [4.69, 9.17) is 13.9 Å². The lowest BCUT2D eigenvalue weighted by Crippen LogP contribution is -2.60. The van der Waals surface area contributed by atoms with Gasteiger partial charge in [0.1, 0.15) is 23.7 Å². The molecular formula is C20H24N2O4. The van der Waals surface area contributed by atoms with E-state index in [2.05, 4.69) is 4.90 Å². The molecule has 0 N–H and O–H groups in total. The zero-order chi connectivity index (χ0) is 18.0. The standard InChI is InChI=1S/C20H24N2O4/c1-16-7-8-18(26-16)11-21-9-10-24-15-20(13-21)14-22(19(23)12-25-20)17-5-3-2-4-6-17/h2-8H,9-15H2,1H3/t20-/m1/s1. The van der Waals surface area contributed by atoms with E-state index in [0.717, 1.165) is 23.8 Å². The zero-order valence-electron chi connectivity index (χ0n) is 15.0. The van der Waals surface area contributed by atoms with Crippen LogP contribution < -0.4 is 4.90 Å². The lowest BCUT2D eigenvalue weighted by atomic mass is 10.0. The van der Waals surface area contributed by atoms with Crippen LogP contribution in [-0.2, 0) is 20.8 Å². The predicted molar refractivity (Wildman–Crippen MR) is 97.0 cm³/mol. The Morgan fingerprint density at radius 1 is 1.12 bits per heavy atom. The summed E-state index contributed by atoms with van der Waals surface area (Å²) >= 11 is 0. The number of nitrogens with zero attached hydrogens (tertiary/aromatic N) is 2. The summed E-state index contributed by atoms with van der Waals surface area (Å²) in [5.74, 6) is 1.83. The maximum Gasteiger partial charge on any atom is 0.253 e. The third kappa shape index (κ3) is 3.67. The van der Waals surface area contributed by atoms with Gasteiger partial charge in [-0.25, -0.2) is 0 Å². The summed E-state index contributed by atoms with van der Waals surface area (Å²) in [7, 11) is 0. The average molecular weight is 356 g/mol. The van der Waals surface area contributed by atoms with Gasteiger partial charge in [0.15, 0.2) is 0 Å². The number of amides is 1. The molecule has 2 aliphatic heterocycles. The van der Waals surface area contributed by atoms with Gasteiger partial charge in [-0.05, 0) is 31.2 Å². The number of ether oxygens (including phenoxy) is 2. The van der Waals surface area contributed by atoms with E-state index in [1.807, 2.05) is 54.3 Å². The van der Waals surface area contributed by atoms with Crippen LogP contribution in [0.2, 0.25) is 0 Å². The summed E-state index contributed by atoms with van der Waals surface area (Å²) in [5.41, 5.74) is 0.375. The Bertz CT molecular complexity index is 760. The fraction of sp³-hybridized carbons (Fsp3) is 0.450. The summed E-state index contributed by atoms with van der Waals surface area (Å²) < 4.78 is 17.6. The Balaban J connectivity index is 1.52. The molecule has 1 aromatic carbocycles. The molecule has 2 aliphatic rings. The molecule has 0 saturated carbocycles. The van der Waals surface area contributed by atoms with E-state index >= 15 is 0 Å². The highest BCUT2D eigenvalue weighted by Gasteiger charge is 2.43. The van der Waals surface area contributed by atoms with Gasteiger partial charge in [-0.1, -0.05) is 18.2 Å². The van der Waals surface area contributed by atoms with Gasteiger partial charge in [0.2, 0.25) is 0 Å². The number of anilines is 1. The highest BCUT2D eigenvalue weighted by Crippen LogP contribution is 2.27. The zero-order valence-corrected chi connectivity index (χ0v) is 15.0. The van der Waals surface area contributed by atoms with Crippen LogP contribution in [0.4, 0.5) is 5.69 Å². The van der Waals surface area contributed by atoms with Crippen molar-refractivity contribution >= 4 is 11.6 Å². The van der Waals surface area contributed by atoms with Crippen LogP contribution in [0.5, 0.6) is 0 Å². The van der Waals surface area contributed by atoms with Crippen LogP contribution in [0, 0.1) is 6.92 Å². The van der Waals surface area contributed by atoms with Crippen LogP contribution in [0.25, 0.3) is 0 Å². The number of para-hydroxylation sites is 1. The first-order chi connectivity index (χ1) is 12.6. The van der Waals surface area contributed by atoms with Crippen LogP contribution in [0.15, 0.2) is 46.9 Å². The van der Waals surface area contributed by atoms with Gasteiger partial charge in [-0.2, -0.15) is 0 Å². The van der Waals surface area contributed by atoms with E-state index in [-0.39, 0.29) is 12.5 Å². The van der Waals surface area contributed by atoms with Crippen LogP contribution in [-0.4, -0.2) is 55.9 Å². The summed E-state index contributed by atoms with van der Waals surface area (Å²) in [5, 5.41) is 0. The predicted octanol–water partition coefficient (Wildman–Crippen LogP) is 2.22. The first-order valence-corrected chi connectivity index (χ1v) is 8.98. The normalized spacial score (nSPS) is 24.8. The number of carbonyl (C=O) groups excluding carboxylic acids is 1. The highest BCUT2D eigenvalue weighted by molar-refractivity contribution is 5.95. The SMILES string of the molecule is Cc1ccc(CN2CCOC[C@@]3(C2)CN(c2ccccc2)C(=O)CO3)o1. The van der Waals surface area contributed by atoms with Crippen molar-refractivity contribution in [2.24, 2.45) is 0 Å². The topological polar surface area (TPSA) is 55.2 Å². The molecule has 1 atom stereocenters. The van der Waals surface area contributed by atoms with Crippen molar-refractivity contribution in [3.8, 4) is 0 Å². The third-order valence-corrected chi connectivity index (χ3v) is 4.92. The van der Waals surface area contributed by atoms with E-state index in [1.54, 1.807) is 0 Å². The number of hydrogen-bond donors (Lipinski definition) is 0. The Morgan fingerprint density at radius 2 is 1.96 bits per heavy atom. The molecule has 0 radical (unpaired) electrons. The minimum Gasteiger partial charge on any atom is -0.465 e. The second-order valence-electron chi connectivity index (χ2n) is 7.06. The molecule has 2 aromatic rings. The number of benzene rings is 1. The van der Waals surface area contributed by atoms with Crippen molar-refractivity contribution in [2.75, 3.05) is 44.4 Å². The van der Waals surface area contributed by atoms with Crippen molar-refractivity contribution in [3.05, 3.63) is 54.0 Å². The summed E-state index contributed by atoms with van der Waals surface area (Å²) in [6.07, 6.45) is 0. The molecule has 1 aromatic heterocycles. The van der Waals surface area contributed by atoms with Gasteiger partial charge in [-0.15, -0.1) is 0 Å². The van der Waals surface area contributed by atoms with Crippen molar-refractivity contribution in [1.29, 1.82) is 0 Å². The number of aryl methyl sites for hydroxylation is 1. The van der Waals surface area contributed by atoms with Gasteiger partial charge in [0.25, 0.3) is 5.91 Å². The van der Waals surface area contributed by atoms with E-state index in [9.17, 15) is 4.79 Å². The smallest absolute Gasteiger partial charge is 0.253 e. The molecule has 6 nitrogen and oxygen atoms in total. The molecule has 2 saturated heterocycles. The van der Waals surface area contributed by atoms with E-state index < -0.39 is 5.60 Å². The van der Waals surface area contributed by atoms with E-state index in [1.165, 1.54) is 0 Å². The Morgan fingerprint density at radius 3 is 2.73 bits per heavy atom. The van der Waals surface area contributed by atoms with Gasteiger partial charge >= 0.3 is 0 Å². The molecule has 1 spiro atoms. The molecule has 6 heteroatoms. The minimum atomic E-state index is -0.526.